The molecule has 90 valence electrons. The number of hydrogen-bond donors (Lipinski definition) is 1. The van der Waals surface area contributed by atoms with E-state index in [2.05, 4.69) is 35.1 Å². The van der Waals surface area contributed by atoms with Gasteiger partial charge in [0, 0.05) is 23.7 Å². The van der Waals surface area contributed by atoms with Gasteiger partial charge >= 0.3 is 0 Å². The van der Waals surface area contributed by atoms with Crippen LogP contribution in [0.5, 0.6) is 0 Å². The monoisotopic (exact) mass is 221 g/mol. The van der Waals surface area contributed by atoms with Crippen molar-refractivity contribution in [3.63, 3.8) is 0 Å². The highest BCUT2D eigenvalue weighted by atomic mass is 15.3. The van der Waals surface area contributed by atoms with Crippen molar-refractivity contribution in [2.24, 2.45) is 0 Å². The second kappa shape index (κ2) is 5.00. The van der Waals surface area contributed by atoms with Gasteiger partial charge in [-0.1, -0.05) is 13.8 Å². The third kappa shape index (κ3) is 2.14. The average Bonchev–Trinajstić information content (AvgIpc) is 3.05. The van der Waals surface area contributed by atoms with Crippen LogP contribution in [0.15, 0.2) is 6.20 Å². The first-order chi connectivity index (χ1) is 7.81. The molecule has 0 amide bonds. The number of aromatic nitrogens is 2. The molecule has 16 heavy (non-hydrogen) atoms. The molecule has 1 aromatic rings. The Morgan fingerprint density at radius 3 is 2.62 bits per heavy atom. The Hall–Kier alpha value is -0.830. The summed E-state index contributed by atoms with van der Waals surface area (Å²) in [6.45, 7) is 5.46. The summed E-state index contributed by atoms with van der Waals surface area (Å²) in [6.07, 6.45) is 7.11. The van der Waals surface area contributed by atoms with Crippen molar-refractivity contribution >= 4 is 0 Å². The molecule has 1 aromatic heterocycles. The molecule has 1 heterocycles. The summed E-state index contributed by atoms with van der Waals surface area (Å²) in [6, 6.07) is 0.584. The maximum atomic E-state index is 4.61. The first-order valence-electron chi connectivity index (χ1n) is 6.52. The van der Waals surface area contributed by atoms with Gasteiger partial charge in [-0.25, -0.2) is 0 Å². The molecule has 1 aliphatic rings. The standard InChI is InChI=1S/C13H23N3/c1-4-12(5-2)16-13(10-6-7-10)11(8-14-3)9-15-16/h9-10,12,14H,4-8H2,1-3H3. The van der Waals surface area contributed by atoms with Gasteiger partial charge in [0.25, 0.3) is 0 Å². The Balaban J connectivity index is 2.29. The first kappa shape index (κ1) is 11.6. The maximum absolute atomic E-state index is 4.61. The molecule has 1 N–H and O–H groups in total. The fourth-order valence-corrected chi connectivity index (χ4v) is 2.47. The van der Waals surface area contributed by atoms with Gasteiger partial charge < -0.3 is 5.32 Å². The van der Waals surface area contributed by atoms with E-state index in [1.165, 1.54) is 36.9 Å². The number of nitrogens with zero attached hydrogens (tertiary/aromatic N) is 2. The molecular weight excluding hydrogens is 198 g/mol. The Labute approximate surface area is 98.2 Å². The zero-order valence-electron chi connectivity index (χ0n) is 10.7. The fraction of sp³-hybridized carbons (Fsp3) is 0.769. The second-order valence-corrected chi connectivity index (χ2v) is 4.77. The zero-order chi connectivity index (χ0) is 11.5. The van der Waals surface area contributed by atoms with Crippen LogP contribution in [0.3, 0.4) is 0 Å². The SMILES string of the molecule is CCC(CC)n1ncc(CNC)c1C1CC1. The number of nitrogens with one attached hydrogen (secondary N) is 1. The number of rotatable bonds is 6. The van der Waals surface area contributed by atoms with Crippen LogP contribution in [0.1, 0.15) is 62.7 Å². The second-order valence-electron chi connectivity index (χ2n) is 4.77. The summed E-state index contributed by atoms with van der Waals surface area (Å²) >= 11 is 0. The van der Waals surface area contributed by atoms with E-state index in [4.69, 9.17) is 0 Å². The predicted octanol–water partition coefficient (Wildman–Crippen LogP) is 2.84. The summed E-state index contributed by atoms with van der Waals surface area (Å²) < 4.78 is 2.30. The highest BCUT2D eigenvalue weighted by Gasteiger charge is 2.31. The molecule has 0 atom stereocenters. The molecule has 1 saturated carbocycles. The van der Waals surface area contributed by atoms with Crippen LogP contribution in [0.4, 0.5) is 0 Å². The lowest BCUT2D eigenvalue weighted by Crippen LogP contribution is -2.13. The lowest BCUT2D eigenvalue weighted by atomic mass is 10.1. The van der Waals surface area contributed by atoms with Gasteiger partial charge in [-0.15, -0.1) is 0 Å². The summed E-state index contributed by atoms with van der Waals surface area (Å²) in [5.41, 5.74) is 2.90. The molecule has 3 heteroatoms. The molecule has 1 aliphatic carbocycles. The fourth-order valence-electron chi connectivity index (χ4n) is 2.47. The highest BCUT2D eigenvalue weighted by Crippen LogP contribution is 2.42. The minimum atomic E-state index is 0.584. The van der Waals surface area contributed by atoms with Crippen LogP contribution in [-0.4, -0.2) is 16.8 Å². The van der Waals surface area contributed by atoms with Crippen molar-refractivity contribution < 1.29 is 0 Å². The summed E-state index contributed by atoms with van der Waals surface area (Å²) in [5, 5.41) is 7.86. The van der Waals surface area contributed by atoms with E-state index >= 15 is 0 Å². The van der Waals surface area contributed by atoms with Crippen LogP contribution >= 0.6 is 0 Å². The quantitative estimate of drug-likeness (QED) is 0.800. The molecule has 0 unspecified atom stereocenters. The maximum Gasteiger partial charge on any atom is 0.0537 e. The average molecular weight is 221 g/mol. The summed E-state index contributed by atoms with van der Waals surface area (Å²) in [4.78, 5) is 0. The molecule has 0 aliphatic heterocycles. The topological polar surface area (TPSA) is 29.9 Å². The van der Waals surface area contributed by atoms with Gasteiger partial charge in [-0.3, -0.25) is 4.68 Å². The van der Waals surface area contributed by atoms with E-state index in [0.29, 0.717) is 6.04 Å². The van der Waals surface area contributed by atoms with Crippen LogP contribution < -0.4 is 5.32 Å². The van der Waals surface area contributed by atoms with E-state index < -0.39 is 0 Å². The molecular formula is C13H23N3. The van der Waals surface area contributed by atoms with Crippen molar-refractivity contribution in [3.8, 4) is 0 Å². The lowest BCUT2D eigenvalue weighted by molar-refractivity contribution is 0.414. The van der Waals surface area contributed by atoms with Crippen LogP contribution in [0, 0.1) is 0 Å². The van der Waals surface area contributed by atoms with E-state index in [9.17, 15) is 0 Å². The lowest BCUT2D eigenvalue weighted by Gasteiger charge is -2.17. The van der Waals surface area contributed by atoms with E-state index in [0.717, 1.165) is 12.5 Å². The Morgan fingerprint density at radius 1 is 1.44 bits per heavy atom. The van der Waals surface area contributed by atoms with E-state index in [1.807, 2.05) is 7.05 Å². The largest absolute Gasteiger partial charge is 0.316 e. The number of hydrogen-bond acceptors (Lipinski definition) is 2. The van der Waals surface area contributed by atoms with Crippen molar-refractivity contribution in [1.82, 2.24) is 15.1 Å². The van der Waals surface area contributed by atoms with Gasteiger partial charge in [0.1, 0.15) is 0 Å². The van der Waals surface area contributed by atoms with Gasteiger partial charge in [0.05, 0.1) is 12.2 Å². The van der Waals surface area contributed by atoms with Gasteiger partial charge in [0.2, 0.25) is 0 Å². The van der Waals surface area contributed by atoms with Crippen LogP contribution in [-0.2, 0) is 6.54 Å². The zero-order valence-corrected chi connectivity index (χ0v) is 10.7. The molecule has 1 fully saturated rings. The van der Waals surface area contributed by atoms with Crippen molar-refractivity contribution in [2.45, 2.75) is 58.0 Å². The Bertz CT molecular complexity index is 335. The third-order valence-corrected chi connectivity index (χ3v) is 3.53. The molecule has 0 radical (unpaired) electrons. The summed E-state index contributed by atoms with van der Waals surface area (Å²) in [5.74, 6) is 0.784. The van der Waals surface area contributed by atoms with Crippen LogP contribution in [0.25, 0.3) is 0 Å². The first-order valence-corrected chi connectivity index (χ1v) is 6.52. The van der Waals surface area contributed by atoms with Crippen molar-refractivity contribution in [2.75, 3.05) is 7.05 Å². The van der Waals surface area contributed by atoms with Crippen molar-refractivity contribution in [1.29, 1.82) is 0 Å². The van der Waals surface area contributed by atoms with Crippen LogP contribution in [0.2, 0.25) is 0 Å². The minimum absolute atomic E-state index is 0.584. The predicted molar refractivity (Wildman–Crippen MR) is 66.6 cm³/mol. The molecule has 3 nitrogen and oxygen atoms in total. The molecule has 0 aromatic carbocycles. The molecule has 0 saturated heterocycles. The molecule has 0 spiro atoms. The van der Waals surface area contributed by atoms with Crippen molar-refractivity contribution in [3.05, 3.63) is 17.5 Å². The Kier molecular flexibility index (Phi) is 3.64. The highest BCUT2D eigenvalue weighted by molar-refractivity contribution is 5.26. The normalized spacial score (nSPS) is 16.0. The molecule has 2 rings (SSSR count). The van der Waals surface area contributed by atoms with Gasteiger partial charge in [0.15, 0.2) is 0 Å². The smallest absolute Gasteiger partial charge is 0.0537 e. The third-order valence-electron chi connectivity index (χ3n) is 3.53. The van der Waals surface area contributed by atoms with Gasteiger partial charge in [-0.2, -0.15) is 5.10 Å². The molecule has 0 bridgehead atoms. The van der Waals surface area contributed by atoms with Gasteiger partial charge in [-0.05, 0) is 32.7 Å². The summed E-state index contributed by atoms with van der Waals surface area (Å²) in [7, 11) is 2.01. The minimum Gasteiger partial charge on any atom is -0.316 e. The van der Waals surface area contributed by atoms with E-state index in [-0.39, 0.29) is 0 Å². The Morgan fingerprint density at radius 2 is 2.12 bits per heavy atom. The van der Waals surface area contributed by atoms with E-state index in [1.54, 1.807) is 0 Å².